The van der Waals surface area contributed by atoms with Crippen LogP contribution in [0.4, 0.5) is 0 Å². The van der Waals surface area contributed by atoms with Crippen LogP contribution in [0.5, 0.6) is 0 Å². The van der Waals surface area contributed by atoms with Crippen LogP contribution in [0, 0.1) is 0 Å². The van der Waals surface area contributed by atoms with Gasteiger partial charge in [0, 0.05) is 27.7 Å². The van der Waals surface area contributed by atoms with Gasteiger partial charge in [-0.1, -0.05) is 19.8 Å². The molecule has 0 bridgehead atoms. The summed E-state index contributed by atoms with van der Waals surface area (Å²) in [6.45, 7) is 3.19. The minimum Gasteiger partial charge on any atom is -0.308 e. The second-order valence-corrected chi connectivity index (χ2v) is 6.32. The van der Waals surface area contributed by atoms with E-state index in [-0.39, 0.29) is 0 Å². The molecule has 1 fully saturated rings. The van der Waals surface area contributed by atoms with Gasteiger partial charge in [-0.15, -0.1) is 22.9 Å². The summed E-state index contributed by atoms with van der Waals surface area (Å²) in [6, 6.07) is 4.99. The third-order valence-electron chi connectivity index (χ3n) is 3.29. The predicted molar refractivity (Wildman–Crippen MR) is 72.4 cm³/mol. The number of hydrogen-bond acceptors (Lipinski definition) is 2. The molecule has 90 valence electrons. The van der Waals surface area contributed by atoms with Gasteiger partial charge in [0.2, 0.25) is 0 Å². The molecule has 0 spiro atoms. The number of hydrogen-bond donors (Lipinski definition) is 1. The molecule has 2 unspecified atom stereocenters. The first-order valence-electron chi connectivity index (χ1n) is 6.24. The molecule has 0 amide bonds. The lowest BCUT2D eigenvalue weighted by Gasteiger charge is -2.27. The minimum atomic E-state index is 0.333. The molecule has 16 heavy (non-hydrogen) atoms. The smallest absolute Gasteiger partial charge is 0.0489 e. The van der Waals surface area contributed by atoms with Crippen molar-refractivity contribution in [1.82, 2.24) is 5.32 Å². The third kappa shape index (κ3) is 3.22. The zero-order chi connectivity index (χ0) is 11.4. The Morgan fingerprint density at radius 1 is 1.31 bits per heavy atom. The first-order chi connectivity index (χ1) is 7.79. The van der Waals surface area contributed by atoms with E-state index in [0.717, 1.165) is 13.0 Å². The Morgan fingerprint density at radius 2 is 2.06 bits per heavy atom. The topological polar surface area (TPSA) is 12.0 Å². The maximum Gasteiger partial charge on any atom is 0.0489 e. The van der Waals surface area contributed by atoms with Crippen molar-refractivity contribution in [3.05, 3.63) is 21.9 Å². The fourth-order valence-corrected chi connectivity index (χ4v) is 3.53. The average Bonchev–Trinajstić information content (AvgIpc) is 2.76. The Bertz CT molecular complexity index is 323. The van der Waals surface area contributed by atoms with Crippen LogP contribution in [0.25, 0.3) is 0 Å². The van der Waals surface area contributed by atoms with E-state index in [1.807, 2.05) is 11.3 Å². The molecular weight excluding hydrogens is 238 g/mol. The Labute approximate surface area is 107 Å². The van der Waals surface area contributed by atoms with E-state index < -0.39 is 0 Å². The molecule has 2 atom stereocenters. The Kier molecular flexibility index (Phi) is 4.68. The number of aryl methyl sites for hydroxylation is 1. The Hall–Kier alpha value is -0.0500. The molecule has 0 saturated heterocycles. The van der Waals surface area contributed by atoms with Gasteiger partial charge in [-0.25, -0.2) is 0 Å². The van der Waals surface area contributed by atoms with Crippen LogP contribution in [0.2, 0.25) is 0 Å². The summed E-state index contributed by atoms with van der Waals surface area (Å²) in [7, 11) is 0. The van der Waals surface area contributed by atoms with Crippen LogP contribution in [0.1, 0.15) is 42.4 Å². The molecular formula is C13H20ClNS. The minimum absolute atomic E-state index is 0.333. The van der Waals surface area contributed by atoms with E-state index in [1.54, 1.807) is 0 Å². The van der Waals surface area contributed by atoms with Gasteiger partial charge < -0.3 is 5.32 Å². The van der Waals surface area contributed by atoms with Gasteiger partial charge in [0.05, 0.1) is 0 Å². The van der Waals surface area contributed by atoms with Crippen LogP contribution in [0.3, 0.4) is 0 Å². The van der Waals surface area contributed by atoms with Gasteiger partial charge >= 0.3 is 0 Å². The van der Waals surface area contributed by atoms with Gasteiger partial charge in [0.1, 0.15) is 0 Å². The highest BCUT2D eigenvalue weighted by molar-refractivity contribution is 7.11. The number of halogens is 1. The maximum absolute atomic E-state index is 6.32. The van der Waals surface area contributed by atoms with Crippen molar-refractivity contribution in [3.63, 3.8) is 0 Å². The zero-order valence-corrected chi connectivity index (χ0v) is 11.4. The van der Waals surface area contributed by atoms with Gasteiger partial charge in [-0.05, 0) is 31.4 Å². The van der Waals surface area contributed by atoms with E-state index in [1.165, 1.54) is 35.4 Å². The summed E-state index contributed by atoms with van der Waals surface area (Å²) in [6.07, 6.45) is 6.17. The molecule has 1 aromatic heterocycles. The van der Waals surface area contributed by atoms with Crippen molar-refractivity contribution in [2.75, 3.05) is 0 Å². The standard InChI is InChI=1S/C13H20ClNS/c1-2-10-7-8-11(16-10)9-15-13-6-4-3-5-12(13)14/h7-8,12-13,15H,2-6,9H2,1H3. The lowest BCUT2D eigenvalue weighted by molar-refractivity contribution is 0.379. The van der Waals surface area contributed by atoms with Crippen molar-refractivity contribution in [2.24, 2.45) is 0 Å². The maximum atomic E-state index is 6.32. The van der Waals surface area contributed by atoms with Crippen molar-refractivity contribution in [1.29, 1.82) is 0 Å². The molecule has 2 rings (SSSR count). The molecule has 1 N–H and O–H groups in total. The molecule has 1 aliphatic carbocycles. The number of thiophene rings is 1. The highest BCUT2D eigenvalue weighted by Crippen LogP contribution is 2.24. The molecule has 1 nitrogen and oxygen atoms in total. The highest BCUT2D eigenvalue weighted by Gasteiger charge is 2.22. The lowest BCUT2D eigenvalue weighted by Crippen LogP contribution is -2.38. The molecule has 1 aromatic rings. The second kappa shape index (κ2) is 6.04. The van der Waals surface area contributed by atoms with Crippen LogP contribution in [-0.4, -0.2) is 11.4 Å². The first kappa shape index (κ1) is 12.4. The number of rotatable bonds is 4. The summed E-state index contributed by atoms with van der Waals surface area (Å²) < 4.78 is 0. The Morgan fingerprint density at radius 3 is 2.75 bits per heavy atom. The number of nitrogens with one attached hydrogen (secondary N) is 1. The second-order valence-electron chi connectivity index (χ2n) is 4.51. The van der Waals surface area contributed by atoms with Crippen molar-refractivity contribution >= 4 is 22.9 Å². The lowest BCUT2D eigenvalue weighted by atomic mass is 9.95. The van der Waals surface area contributed by atoms with Gasteiger partial charge in [0.15, 0.2) is 0 Å². The third-order valence-corrected chi connectivity index (χ3v) is 5.04. The van der Waals surface area contributed by atoms with Crippen LogP contribution in [-0.2, 0) is 13.0 Å². The van der Waals surface area contributed by atoms with E-state index in [2.05, 4.69) is 24.4 Å². The van der Waals surface area contributed by atoms with E-state index in [0.29, 0.717) is 11.4 Å². The van der Waals surface area contributed by atoms with Gasteiger partial charge in [0.25, 0.3) is 0 Å². The first-order valence-corrected chi connectivity index (χ1v) is 7.50. The molecule has 1 aliphatic rings. The van der Waals surface area contributed by atoms with E-state index >= 15 is 0 Å². The molecule has 1 heterocycles. The molecule has 0 aromatic carbocycles. The normalized spacial score (nSPS) is 25.9. The van der Waals surface area contributed by atoms with Crippen LogP contribution < -0.4 is 5.32 Å². The summed E-state index contributed by atoms with van der Waals surface area (Å²) >= 11 is 8.24. The number of alkyl halides is 1. The quantitative estimate of drug-likeness (QED) is 0.806. The molecule has 0 aliphatic heterocycles. The van der Waals surface area contributed by atoms with Crippen molar-refractivity contribution in [2.45, 2.75) is 57.0 Å². The average molecular weight is 258 g/mol. The largest absolute Gasteiger partial charge is 0.308 e. The molecule has 1 saturated carbocycles. The Balaban J connectivity index is 1.81. The molecule has 0 radical (unpaired) electrons. The van der Waals surface area contributed by atoms with Gasteiger partial charge in [-0.2, -0.15) is 0 Å². The van der Waals surface area contributed by atoms with E-state index in [4.69, 9.17) is 11.6 Å². The fourth-order valence-electron chi connectivity index (χ4n) is 2.25. The van der Waals surface area contributed by atoms with Gasteiger partial charge in [-0.3, -0.25) is 0 Å². The zero-order valence-electron chi connectivity index (χ0n) is 9.84. The van der Waals surface area contributed by atoms with Crippen molar-refractivity contribution < 1.29 is 0 Å². The van der Waals surface area contributed by atoms with E-state index in [9.17, 15) is 0 Å². The monoisotopic (exact) mass is 257 g/mol. The van der Waals surface area contributed by atoms with Crippen LogP contribution in [0.15, 0.2) is 12.1 Å². The summed E-state index contributed by atoms with van der Waals surface area (Å²) in [5.74, 6) is 0. The van der Waals surface area contributed by atoms with Crippen molar-refractivity contribution in [3.8, 4) is 0 Å². The highest BCUT2D eigenvalue weighted by atomic mass is 35.5. The summed E-state index contributed by atoms with van der Waals surface area (Å²) in [4.78, 5) is 2.91. The summed E-state index contributed by atoms with van der Waals surface area (Å²) in [5.41, 5.74) is 0. The predicted octanol–water partition coefficient (Wildman–Crippen LogP) is 3.95. The SMILES string of the molecule is CCc1ccc(CNC2CCCCC2Cl)s1. The van der Waals surface area contributed by atoms with Crippen LogP contribution >= 0.6 is 22.9 Å². The summed E-state index contributed by atoms with van der Waals surface area (Å²) in [5, 5.41) is 3.94. The fraction of sp³-hybridized carbons (Fsp3) is 0.692. The molecule has 3 heteroatoms.